The normalized spacial score (nSPS) is 16.8. The van der Waals surface area contributed by atoms with Crippen LogP contribution in [0.4, 0.5) is 0 Å². The molecule has 0 atom stereocenters. The topological polar surface area (TPSA) is 87.3 Å². The molecule has 0 aliphatic carbocycles. The number of benzene rings is 2. The quantitative estimate of drug-likeness (QED) is 0.513. The molecule has 7 nitrogen and oxygen atoms in total. The summed E-state index contributed by atoms with van der Waals surface area (Å²) >= 11 is 1.33. The van der Waals surface area contributed by atoms with E-state index in [9.17, 15) is 4.79 Å². The maximum absolute atomic E-state index is 12.4. The van der Waals surface area contributed by atoms with E-state index in [1.807, 2.05) is 62.4 Å². The van der Waals surface area contributed by atoms with Crippen molar-refractivity contribution in [2.75, 3.05) is 13.2 Å². The van der Waals surface area contributed by atoms with E-state index in [2.05, 4.69) is 10.1 Å². The highest BCUT2D eigenvalue weighted by Gasteiger charge is 2.34. The van der Waals surface area contributed by atoms with Gasteiger partial charge in [0.1, 0.15) is 29.8 Å². The molecular formula is C23H22N4O3S. The van der Waals surface area contributed by atoms with E-state index < -0.39 is 5.91 Å². The molecule has 4 rings (SSSR count). The summed E-state index contributed by atoms with van der Waals surface area (Å²) < 4.78 is 11.5. The Kier molecular flexibility index (Phi) is 6.18. The molecule has 2 aromatic carbocycles. The number of hydrogen-bond donors (Lipinski definition) is 1. The molecule has 0 aromatic heterocycles. The second-order valence-corrected chi connectivity index (χ2v) is 7.94. The fourth-order valence-corrected chi connectivity index (χ4v) is 3.86. The molecule has 8 heteroatoms. The monoisotopic (exact) mass is 434 g/mol. The smallest absolute Gasteiger partial charge is 0.283 e. The fraction of sp³-hybridized carbons (Fsp3) is 0.217. The van der Waals surface area contributed by atoms with E-state index in [-0.39, 0.29) is 11.4 Å². The number of nitrogens with zero attached hydrogens (tertiary/aromatic N) is 3. The van der Waals surface area contributed by atoms with Crippen molar-refractivity contribution in [3.63, 3.8) is 0 Å². The first-order valence-electron chi connectivity index (χ1n) is 9.95. The standard InChI is InChI=1S/C23H22N4O3S/c1-3-20-26-27-21(24)18(22(28)25-23(27)31-20)14-16-8-10-17(11-9-16)29-12-13-30-19-7-5-4-6-15(19)2/h4-11,14,24H,3,12-13H2,1-2H3/b18-14+,24-21?. The van der Waals surface area contributed by atoms with Crippen molar-refractivity contribution in [2.45, 2.75) is 20.3 Å². The van der Waals surface area contributed by atoms with Gasteiger partial charge in [-0.15, -0.1) is 0 Å². The first-order valence-corrected chi connectivity index (χ1v) is 10.8. The molecule has 0 radical (unpaired) electrons. The number of hydrazone groups is 1. The zero-order valence-electron chi connectivity index (χ0n) is 17.3. The van der Waals surface area contributed by atoms with Crippen LogP contribution in [0, 0.1) is 12.3 Å². The Morgan fingerprint density at radius 1 is 1.10 bits per heavy atom. The SMILES string of the molecule is CCC1=NN2C(=N)/C(=C\c3ccc(OCCOc4ccccc4C)cc3)C(=O)N=C2S1. The molecule has 2 aliphatic heterocycles. The molecule has 2 heterocycles. The minimum absolute atomic E-state index is 0.0413. The predicted molar refractivity (Wildman–Crippen MR) is 124 cm³/mol. The van der Waals surface area contributed by atoms with E-state index in [1.54, 1.807) is 6.08 Å². The average Bonchev–Trinajstić information content (AvgIpc) is 3.19. The number of rotatable bonds is 7. The summed E-state index contributed by atoms with van der Waals surface area (Å²) in [5.41, 5.74) is 2.08. The molecule has 158 valence electrons. The van der Waals surface area contributed by atoms with Crippen LogP contribution >= 0.6 is 11.8 Å². The first kappa shape index (κ1) is 20.9. The molecule has 0 unspecified atom stereocenters. The van der Waals surface area contributed by atoms with Gasteiger partial charge in [-0.05, 0) is 60.5 Å². The molecule has 0 saturated heterocycles. The minimum Gasteiger partial charge on any atom is -0.490 e. The second kappa shape index (κ2) is 9.18. The lowest BCUT2D eigenvalue weighted by Crippen LogP contribution is -2.35. The van der Waals surface area contributed by atoms with Crippen LogP contribution in [0.3, 0.4) is 0 Å². The van der Waals surface area contributed by atoms with E-state index >= 15 is 0 Å². The van der Waals surface area contributed by atoms with Crippen LogP contribution < -0.4 is 9.47 Å². The van der Waals surface area contributed by atoms with Crippen molar-refractivity contribution in [3.8, 4) is 11.5 Å². The Balaban J connectivity index is 1.36. The number of amides is 1. The van der Waals surface area contributed by atoms with Crippen LogP contribution in [0.1, 0.15) is 24.5 Å². The van der Waals surface area contributed by atoms with Gasteiger partial charge in [0.05, 0.1) is 5.57 Å². The Labute approximate surface area is 185 Å². The van der Waals surface area contributed by atoms with Crippen LogP contribution in [0.25, 0.3) is 6.08 Å². The lowest BCUT2D eigenvalue weighted by Gasteiger charge is -2.20. The van der Waals surface area contributed by atoms with Crippen molar-refractivity contribution < 1.29 is 14.3 Å². The van der Waals surface area contributed by atoms with E-state index in [1.165, 1.54) is 16.8 Å². The summed E-state index contributed by atoms with van der Waals surface area (Å²) in [6, 6.07) is 15.2. The average molecular weight is 435 g/mol. The third kappa shape index (κ3) is 4.69. The molecule has 0 bridgehead atoms. The molecular weight excluding hydrogens is 412 g/mol. The lowest BCUT2D eigenvalue weighted by atomic mass is 10.1. The largest absolute Gasteiger partial charge is 0.490 e. The summed E-state index contributed by atoms with van der Waals surface area (Å²) in [5, 5.41) is 15.4. The highest BCUT2D eigenvalue weighted by atomic mass is 32.2. The van der Waals surface area contributed by atoms with Crippen LogP contribution in [-0.2, 0) is 4.79 Å². The van der Waals surface area contributed by atoms with Crippen molar-refractivity contribution in [1.29, 1.82) is 5.41 Å². The zero-order chi connectivity index (χ0) is 21.8. The van der Waals surface area contributed by atoms with E-state index in [0.717, 1.165) is 28.3 Å². The zero-order valence-corrected chi connectivity index (χ0v) is 18.1. The van der Waals surface area contributed by atoms with Gasteiger partial charge >= 0.3 is 0 Å². The van der Waals surface area contributed by atoms with Crippen LogP contribution in [0.15, 0.2) is 64.2 Å². The maximum atomic E-state index is 12.4. The van der Waals surface area contributed by atoms with Crippen molar-refractivity contribution >= 4 is 39.8 Å². The number of thioether (sulfide) groups is 1. The molecule has 1 amide bonds. The number of amidine groups is 2. The van der Waals surface area contributed by atoms with Gasteiger partial charge in [0.25, 0.3) is 5.91 Å². The molecule has 0 fully saturated rings. The van der Waals surface area contributed by atoms with Gasteiger partial charge in [0.15, 0.2) is 5.84 Å². The van der Waals surface area contributed by atoms with Gasteiger partial charge in [-0.1, -0.05) is 37.3 Å². The number of aryl methyl sites for hydroxylation is 1. The number of carbonyl (C=O) groups is 1. The summed E-state index contributed by atoms with van der Waals surface area (Å²) in [6.45, 7) is 4.84. The summed E-state index contributed by atoms with van der Waals surface area (Å²) in [5.74, 6) is 1.17. The Morgan fingerprint density at radius 3 is 2.58 bits per heavy atom. The van der Waals surface area contributed by atoms with Crippen LogP contribution in [0.5, 0.6) is 11.5 Å². The van der Waals surface area contributed by atoms with Gasteiger partial charge in [-0.2, -0.15) is 15.1 Å². The van der Waals surface area contributed by atoms with Gasteiger partial charge in [-0.3, -0.25) is 10.2 Å². The summed E-state index contributed by atoms with van der Waals surface area (Å²) in [6.07, 6.45) is 2.39. The maximum Gasteiger partial charge on any atom is 0.283 e. The van der Waals surface area contributed by atoms with Gasteiger partial charge in [-0.25, -0.2) is 0 Å². The van der Waals surface area contributed by atoms with Gasteiger partial charge in [0.2, 0.25) is 5.17 Å². The van der Waals surface area contributed by atoms with Crippen molar-refractivity contribution in [2.24, 2.45) is 10.1 Å². The number of nitrogens with one attached hydrogen (secondary N) is 1. The Morgan fingerprint density at radius 2 is 1.84 bits per heavy atom. The highest BCUT2D eigenvalue weighted by molar-refractivity contribution is 8.26. The summed E-state index contributed by atoms with van der Waals surface area (Å²) in [4.78, 5) is 16.5. The molecule has 0 spiro atoms. The number of carbonyl (C=O) groups excluding carboxylic acids is 1. The first-order chi connectivity index (χ1) is 15.0. The van der Waals surface area contributed by atoms with Crippen LogP contribution in [-0.4, -0.2) is 40.2 Å². The third-order valence-corrected chi connectivity index (χ3v) is 5.75. The molecule has 1 N–H and O–H groups in total. The minimum atomic E-state index is -0.426. The fourth-order valence-electron chi connectivity index (χ4n) is 3.03. The summed E-state index contributed by atoms with van der Waals surface area (Å²) in [7, 11) is 0. The predicted octanol–water partition coefficient (Wildman–Crippen LogP) is 4.48. The highest BCUT2D eigenvalue weighted by Crippen LogP contribution is 2.29. The van der Waals surface area contributed by atoms with Crippen LogP contribution in [0.2, 0.25) is 0 Å². The molecule has 31 heavy (non-hydrogen) atoms. The van der Waals surface area contributed by atoms with Crippen molar-refractivity contribution in [3.05, 3.63) is 65.2 Å². The lowest BCUT2D eigenvalue weighted by molar-refractivity contribution is -0.114. The van der Waals surface area contributed by atoms with E-state index in [0.29, 0.717) is 24.1 Å². The molecule has 2 aromatic rings. The number of fused-ring (bicyclic) bond motifs is 1. The molecule has 2 aliphatic rings. The molecule has 0 saturated carbocycles. The number of para-hydroxylation sites is 1. The number of aliphatic imine (C=N–C) groups is 1. The number of hydrogen-bond acceptors (Lipinski definition) is 6. The van der Waals surface area contributed by atoms with Gasteiger partial charge < -0.3 is 9.47 Å². The van der Waals surface area contributed by atoms with Crippen molar-refractivity contribution in [1.82, 2.24) is 5.01 Å². The van der Waals surface area contributed by atoms with E-state index in [4.69, 9.17) is 14.9 Å². The van der Waals surface area contributed by atoms with Gasteiger partial charge in [0, 0.05) is 0 Å². The Hall–Kier alpha value is -3.39. The third-order valence-electron chi connectivity index (χ3n) is 4.69. The Bertz CT molecular complexity index is 1110. The number of ether oxygens (including phenoxy) is 2. The second-order valence-electron chi connectivity index (χ2n) is 6.90.